The molecule has 0 radical (unpaired) electrons. The Morgan fingerprint density at radius 1 is 0.781 bits per heavy atom. The van der Waals surface area contributed by atoms with Crippen molar-refractivity contribution < 1.29 is 14.3 Å². The summed E-state index contributed by atoms with van der Waals surface area (Å²) in [6.07, 6.45) is 7.25. The number of ether oxygens (including phenoxy) is 1. The van der Waals surface area contributed by atoms with Gasteiger partial charge in [-0.1, -0.05) is 6.08 Å². The van der Waals surface area contributed by atoms with Crippen LogP contribution >= 0.6 is 7.26 Å². The maximum absolute atomic E-state index is 10.8. The molecule has 3 aromatic carbocycles. The van der Waals surface area contributed by atoms with Crippen LogP contribution in [0.2, 0.25) is 0 Å². The number of methoxy groups -OCH3 is 1. The van der Waals surface area contributed by atoms with Gasteiger partial charge in [-0.25, -0.2) is 0 Å². The van der Waals surface area contributed by atoms with Gasteiger partial charge in [-0.2, -0.15) is 0 Å². The van der Waals surface area contributed by atoms with Gasteiger partial charge < -0.3 is 4.74 Å². The second-order valence-corrected chi connectivity index (χ2v) is 11.2. The Morgan fingerprint density at radius 3 is 1.56 bits per heavy atom. The van der Waals surface area contributed by atoms with E-state index < -0.39 is 18.8 Å². The van der Waals surface area contributed by atoms with Gasteiger partial charge in [0.05, 0.1) is 7.11 Å². The third kappa shape index (κ3) is 5.01. The predicted octanol–water partition coefficient (Wildman–Crippen LogP) is 4.12. The molecule has 3 aromatic rings. The second kappa shape index (κ2) is 11.2. The molecule has 0 fully saturated rings. The Balaban J connectivity index is 0.000000243. The molecule has 4 rings (SSSR count). The van der Waals surface area contributed by atoms with Crippen molar-refractivity contribution in [3.63, 3.8) is 0 Å². The molecule has 0 heterocycles. The van der Waals surface area contributed by atoms with Gasteiger partial charge in [0.15, 0.2) is 5.76 Å². The van der Waals surface area contributed by atoms with Crippen molar-refractivity contribution in [2.24, 2.45) is 0 Å². The summed E-state index contributed by atoms with van der Waals surface area (Å²) in [5, 5.41) is 4.31. The van der Waals surface area contributed by atoms with E-state index in [4.69, 9.17) is 0 Å². The van der Waals surface area contributed by atoms with Crippen molar-refractivity contribution in [1.82, 2.24) is 0 Å². The SMILES string of the molecule is C=CC[PH](c1ccccc1)(c1ccccc1)c1ccccc1.COC1=CC=CC(=O)C1=O. The molecule has 0 amide bonds. The Labute approximate surface area is 190 Å². The van der Waals surface area contributed by atoms with Gasteiger partial charge in [-0.05, 0) is 12.2 Å². The van der Waals surface area contributed by atoms with Crippen LogP contribution in [0.4, 0.5) is 0 Å². The van der Waals surface area contributed by atoms with E-state index >= 15 is 0 Å². The standard InChI is InChI=1S/C21H21P.C7H6O3/c1-2-18-22(19-12-6-3-7-13-19,20-14-8-4-9-15-20)21-16-10-5-11-17-21;1-10-6-4-2-3-5(8)7(6)9/h2-17,22H,1,18H2;2-4H,1H3. The van der Waals surface area contributed by atoms with Crippen LogP contribution in [-0.2, 0) is 14.3 Å². The number of carbonyl (C=O) groups excluding carboxylic acids is 2. The summed E-state index contributed by atoms with van der Waals surface area (Å²) < 4.78 is 4.61. The Kier molecular flexibility index (Phi) is 8.08. The fourth-order valence-electron chi connectivity index (χ4n) is 3.89. The average molecular weight is 442 g/mol. The minimum absolute atomic E-state index is 0.104. The Hall–Kier alpha value is -3.55. The quantitative estimate of drug-likeness (QED) is 0.250. The number of hydrogen-bond acceptors (Lipinski definition) is 3. The number of hydrogen-bond donors (Lipinski definition) is 0. The first kappa shape index (κ1) is 23.1. The predicted molar refractivity (Wildman–Crippen MR) is 136 cm³/mol. The van der Waals surface area contributed by atoms with E-state index in [1.54, 1.807) is 0 Å². The van der Waals surface area contributed by atoms with Gasteiger partial charge in [-0.3, -0.25) is 9.59 Å². The maximum atomic E-state index is 10.8. The van der Waals surface area contributed by atoms with E-state index in [0.29, 0.717) is 0 Å². The van der Waals surface area contributed by atoms with Crippen LogP contribution in [-0.4, -0.2) is 24.8 Å². The molecule has 4 heteroatoms. The van der Waals surface area contributed by atoms with Crippen molar-refractivity contribution in [1.29, 1.82) is 0 Å². The molecule has 0 aromatic heterocycles. The van der Waals surface area contributed by atoms with Gasteiger partial charge in [-0.15, -0.1) is 0 Å². The van der Waals surface area contributed by atoms with Crippen LogP contribution < -0.4 is 15.9 Å². The van der Waals surface area contributed by atoms with Crippen LogP contribution in [0.5, 0.6) is 0 Å². The monoisotopic (exact) mass is 442 g/mol. The van der Waals surface area contributed by atoms with Gasteiger partial charge in [0, 0.05) is 0 Å². The topological polar surface area (TPSA) is 43.4 Å². The molecule has 0 spiro atoms. The first-order valence-corrected chi connectivity index (χ1v) is 12.6. The minimum atomic E-state index is -2.04. The summed E-state index contributed by atoms with van der Waals surface area (Å²) in [7, 11) is -0.685. The third-order valence-corrected chi connectivity index (χ3v) is 10.3. The van der Waals surface area contributed by atoms with E-state index in [-0.39, 0.29) is 5.76 Å². The van der Waals surface area contributed by atoms with E-state index in [1.165, 1.54) is 41.3 Å². The zero-order valence-corrected chi connectivity index (χ0v) is 19.1. The molecule has 0 saturated heterocycles. The molecule has 0 bridgehead atoms. The van der Waals surface area contributed by atoms with E-state index in [1.807, 2.05) is 0 Å². The van der Waals surface area contributed by atoms with Gasteiger partial charge in [0.2, 0.25) is 5.78 Å². The smallest absolute Gasteiger partial charge is 0.267 e. The summed E-state index contributed by atoms with van der Waals surface area (Å²) in [6, 6.07) is 32.8. The van der Waals surface area contributed by atoms with Crippen LogP contribution in [0.15, 0.2) is 128 Å². The van der Waals surface area contributed by atoms with Crippen LogP contribution in [0.1, 0.15) is 0 Å². The molecule has 1 aliphatic carbocycles. The molecule has 0 atom stereocenters. The third-order valence-electron chi connectivity index (χ3n) is 5.41. The first-order chi connectivity index (χ1) is 15.6. The summed E-state index contributed by atoms with van der Waals surface area (Å²) in [5.74, 6) is -1.00. The molecular formula is C28H27O3P. The molecular weight excluding hydrogens is 415 g/mol. The largest absolute Gasteiger partial charge is 0.493 e. The number of benzene rings is 3. The van der Waals surface area contributed by atoms with Crippen molar-refractivity contribution in [3.05, 3.63) is 128 Å². The average Bonchev–Trinajstić information content (AvgIpc) is 2.86. The number of carbonyl (C=O) groups is 2. The number of rotatable bonds is 6. The first-order valence-electron chi connectivity index (χ1n) is 10.4. The van der Waals surface area contributed by atoms with Gasteiger partial charge in [0.25, 0.3) is 5.78 Å². The van der Waals surface area contributed by atoms with Crippen LogP contribution in [0.3, 0.4) is 0 Å². The zero-order chi connectivity index (χ0) is 22.8. The van der Waals surface area contributed by atoms with Crippen molar-refractivity contribution in [2.75, 3.05) is 13.3 Å². The Bertz CT molecular complexity index is 1020. The zero-order valence-electron chi connectivity index (χ0n) is 18.1. The fraction of sp³-hybridized carbons (Fsp3) is 0.0714. The molecule has 3 nitrogen and oxygen atoms in total. The maximum Gasteiger partial charge on any atom is 0.267 e. The number of Topliss-reactive ketones (excluding diaryl/α,β-unsaturated/α-hetero) is 1. The van der Waals surface area contributed by atoms with E-state index in [0.717, 1.165) is 6.16 Å². The van der Waals surface area contributed by atoms with E-state index in [9.17, 15) is 9.59 Å². The molecule has 1 aliphatic rings. The van der Waals surface area contributed by atoms with Crippen molar-refractivity contribution in [2.45, 2.75) is 0 Å². The number of allylic oxidation sites excluding steroid dienone is 5. The minimum Gasteiger partial charge on any atom is -0.493 e. The van der Waals surface area contributed by atoms with Crippen LogP contribution in [0.25, 0.3) is 0 Å². The van der Waals surface area contributed by atoms with Crippen molar-refractivity contribution >= 4 is 34.7 Å². The molecule has 162 valence electrons. The van der Waals surface area contributed by atoms with Crippen LogP contribution in [0, 0.1) is 0 Å². The summed E-state index contributed by atoms with van der Waals surface area (Å²) in [5.41, 5.74) is 0. The van der Waals surface area contributed by atoms with Gasteiger partial charge in [0.1, 0.15) is 0 Å². The molecule has 0 unspecified atom stereocenters. The molecule has 0 aliphatic heterocycles. The number of ketones is 2. The van der Waals surface area contributed by atoms with Crippen molar-refractivity contribution in [3.8, 4) is 0 Å². The second-order valence-electron chi connectivity index (χ2n) is 7.28. The molecule has 0 N–H and O–H groups in total. The molecule has 0 saturated carbocycles. The summed E-state index contributed by atoms with van der Waals surface area (Å²) in [6.45, 7) is 4.06. The normalized spacial score (nSPS) is 13.5. The summed E-state index contributed by atoms with van der Waals surface area (Å²) in [4.78, 5) is 21.4. The summed E-state index contributed by atoms with van der Waals surface area (Å²) >= 11 is 0. The van der Waals surface area contributed by atoms with E-state index in [2.05, 4.69) is 108 Å². The Morgan fingerprint density at radius 2 is 1.22 bits per heavy atom. The fourth-order valence-corrected chi connectivity index (χ4v) is 8.32. The van der Waals surface area contributed by atoms with Gasteiger partial charge >= 0.3 is 133 Å². The molecule has 32 heavy (non-hydrogen) atoms.